The third-order valence-corrected chi connectivity index (χ3v) is 1.23. The molecule has 0 unspecified atom stereocenters. The van der Waals surface area contributed by atoms with Gasteiger partial charge in [0.15, 0.2) is 5.11 Å². The topological polar surface area (TPSA) is 50.4 Å². The van der Waals surface area contributed by atoms with Gasteiger partial charge in [0, 0.05) is 5.71 Å². The molecule has 0 aliphatic rings. The van der Waals surface area contributed by atoms with Crippen LogP contribution in [0, 0.1) is 0 Å². The van der Waals surface area contributed by atoms with E-state index in [1.165, 1.54) is 0 Å². The zero-order valence-electron chi connectivity index (χ0n) is 6.35. The third kappa shape index (κ3) is 4.26. The highest BCUT2D eigenvalue weighted by molar-refractivity contribution is 7.80. The Bertz CT molecular complexity index is 136. The molecule has 0 aromatic heterocycles. The summed E-state index contributed by atoms with van der Waals surface area (Å²) in [5.41, 5.74) is 8.78. The highest BCUT2D eigenvalue weighted by Crippen LogP contribution is 1.88. The van der Waals surface area contributed by atoms with Gasteiger partial charge in [0.1, 0.15) is 0 Å². The van der Waals surface area contributed by atoms with Gasteiger partial charge in [-0.1, -0.05) is 13.8 Å². The molecule has 0 saturated heterocycles. The van der Waals surface area contributed by atoms with Crippen molar-refractivity contribution in [3.05, 3.63) is 0 Å². The van der Waals surface area contributed by atoms with Crippen molar-refractivity contribution < 1.29 is 0 Å². The Labute approximate surface area is 66.7 Å². The van der Waals surface area contributed by atoms with Gasteiger partial charge in [0.25, 0.3) is 0 Å². The largest absolute Gasteiger partial charge is 0.375 e. The third-order valence-electron chi connectivity index (χ3n) is 1.14. The summed E-state index contributed by atoms with van der Waals surface area (Å²) in [5, 5.41) is 4.18. The molecule has 0 heterocycles. The predicted molar refractivity (Wildman–Crippen MR) is 47.9 cm³/mol. The Balaban J connectivity index is 3.74. The van der Waals surface area contributed by atoms with Gasteiger partial charge in [-0.25, -0.2) is 0 Å². The molecule has 0 spiro atoms. The number of rotatable bonds is 3. The molecule has 0 aromatic rings. The molecule has 0 amide bonds. The fourth-order valence-corrected chi connectivity index (χ4v) is 0.588. The van der Waals surface area contributed by atoms with Gasteiger partial charge >= 0.3 is 0 Å². The Hall–Kier alpha value is -0.640. The zero-order valence-corrected chi connectivity index (χ0v) is 7.16. The van der Waals surface area contributed by atoms with Gasteiger partial charge in [0.05, 0.1) is 0 Å². The van der Waals surface area contributed by atoms with Gasteiger partial charge in [-0.15, -0.1) is 0 Å². The van der Waals surface area contributed by atoms with E-state index in [4.69, 9.17) is 5.73 Å². The highest BCUT2D eigenvalue weighted by atomic mass is 32.1. The molecule has 0 bridgehead atoms. The molecule has 0 atom stereocenters. The van der Waals surface area contributed by atoms with E-state index in [0.29, 0.717) is 0 Å². The molecule has 0 aliphatic heterocycles. The Morgan fingerprint density at radius 1 is 1.50 bits per heavy atom. The molecule has 10 heavy (non-hydrogen) atoms. The second-order valence-electron chi connectivity index (χ2n) is 1.86. The Morgan fingerprint density at radius 3 is 2.30 bits per heavy atom. The van der Waals surface area contributed by atoms with Crippen molar-refractivity contribution in [2.75, 3.05) is 0 Å². The van der Waals surface area contributed by atoms with Crippen LogP contribution >= 0.6 is 12.2 Å². The van der Waals surface area contributed by atoms with Crippen LogP contribution in [0.4, 0.5) is 0 Å². The quantitative estimate of drug-likeness (QED) is 0.367. The van der Waals surface area contributed by atoms with Gasteiger partial charge in [-0.3, -0.25) is 5.43 Å². The van der Waals surface area contributed by atoms with Crippen LogP contribution in [0.5, 0.6) is 0 Å². The number of hydrogen-bond acceptors (Lipinski definition) is 2. The summed E-state index contributed by atoms with van der Waals surface area (Å²) in [6.07, 6.45) is 1.87. The number of hydrogen-bond donors (Lipinski definition) is 2. The average Bonchev–Trinajstić information content (AvgIpc) is 1.90. The first-order chi connectivity index (χ1) is 4.70. The van der Waals surface area contributed by atoms with Crippen molar-refractivity contribution in [1.82, 2.24) is 5.43 Å². The van der Waals surface area contributed by atoms with E-state index in [1.807, 2.05) is 13.8 Å². The van der Waals surface area contributed by atoms with Crippen LogP contribution in [0.15, 0.2) is 5.10 Å². The smallest absolute Gasteiger partial charge is 0.184 e. The van der Waals surface area contributed by atoms with Crippen LogP contribution in [0.25, 0.3) is 0 Å². The van der Waals surface area contributed by atoms with Crippen LogP contribution in [-0.4, -0.2) is 10.8 Å². The average molecular weight is 159 g/mol. The molecule has 0 aliphatic carbocycles. The minimum Gasteiger partial charge on any atom is -0.375 e. The van der Waals surface area contributed by atoms with Gasteiger partial charge in [0.2, 0.25) is 0 Å². The first kappa shape index (κ1) is 9.36. The van der Waals surface area contributed by atoms with Crippen molar-refractivity contribution in [2.24, 2.45) is 10.8 Å². The minimum absolute atomic E-state index is 0.222. The SMILES string of the molecule is CCC(CC)=NNC(N)=S. The molecular weight excluding hydrogens is 146 g/mol. The summed E-state index contributed by atoms with van der Waals surface area (Å²) < 4.78 is 0. The molecule has 4 heteroatoms. The van der Waals surface area contributed by atoms with Crippen LogP contribution in [0.2, 0.25) is 0 Å². The van der Waals surface area contributed by atoms with E-state index < -0.39 is 0 Å². The maximum Gasteiger partial charge on any atom is 0.184 e. The van der Waals surface area contributed by atoms with Crippen LogP contribution < -0.4 is 11.2 Å². The molecule has 0 radical (unpaired) electrons. The van der Waals surface area contributed by atoms with E-state index in [2.05, 4.69) is 22.7 Å². The number of nitrogens with zero attached hydrogens (tertiary/aromatic N) is 1. The normalized spacial score (nSPS) is 8.60. The van der Waals surface area contributed by atoms with Crippen molar-refractivity contribution >= 4 is 23.0 Å². The summed E-state index contributed by atoms with van der Waals surface area (Å²) >= 11 is 4.57. The van der Waals surface area contributed by atoms with E-state index in [0.717, 1.165) is 18.6 Å². The lowest BCUT2D eigenvalue weighted by molar-refractivity contribution is 0.986. The van der Waals surface area contributed by atoms with E-state index in [1.54, 1.807) is 0 Å². The minimum atomic E-state index is 0.222. The molecule has 3 N–H and O–H groups in total. The van der Waals surface area contributed by atoms with Crippen molar-refractivity contribution in [1.29, 1.82) is 0 Å². The van der Waals surface area contributed by atoms with Crippen LogP contribution in [-0.2, 0) is 0 Å². The number of nitrogens with one attached hydrogen (secondary N) is 1. The second-order valence-corrected chi connectivity index (χ2v) is 2.30. The zero-order chi connectivity index (χ0) is 7.98. The van der Waals surface area contributed by atoms with Crippen LogP contribution in [0.3, 0.4) is 0 Å². The summed E-state index contributed by atoms with van der Waals surface area (Å²) in [5.74, 6) is 0. The summed E-state index contributed by atoms with van der Waals surface area (Å²) in [7, 11) is 0. The molecule has 0 rings (SSSR count). The first-order valence-corrected chi connectivity index (χ1v) is 3.72. The van der Waals surface area contributed by atoms with E-state index in [-0.39, 0.29) is 5.11 Å². The summed E-state index contributed by atoms with van der Waals surface area (Å²) in [4.78, 5) is 0. The first-order valence-electron chi connectivity index (χ1n) is 3.31. The lowest BCUT2D eigenvalue weighted by Crippen LogP contribution is -2.25. The predicted octanol–water partition coefficient (Wildman–Crippen LogP) is 0.996. The lowest BCUT2D eigenvalue weighted by atomic mass is 10.2. The fraction of sp³-hybridized carbons (Fsp3) is 0.667. The summed E-state index contributed by atoms with van der Waals surface area (Å²) in [6.45, 7) is 4.09. The van der Waals surface area contributed by atoms with Gasteiger partial charge in [-0.2, -0.15) is 5.10 Å². The van der Waals surface area contributed by atoms with Crippen molar-refractivity contribution in [2.45, 2.75) is 26.7 Å². The molecule has 0 aromatic carbocycles. The molecule has 0 fully saturated rings. The lowest BCUT2D eigenvalue weighted by Gasteiger charge is -1.99. The maximum atomic E-state index is 5.16. The number of thiocarbonyl (C=S) groups is 1. The van der Waals surface area contributed by atoms with E-state index >= 15 is 0 Å². The monoisotopic (exact) mass is 159 g/mol. The standard InChI is InChI=1S/C6H13N3S/c1-3-5(4-2)8-9-6(7)10/h3-4H2,1-2H3,(H3,7,9,10). The molecule has 58 valence electrons. The number of hydrazone groups is 1. The fourth-order valence-electron chi connectivity index (χ4n) is 0.542. The second kappa shape index (κ2) is 5.17. The van der Waals surface area contributed by atoms with Crippen molar-refractivity contribution in [3.8, 4) is 0 Å². The Morgan fingerprint density at radius 2 is 2.00 bits per heavy atom. The van der Waals surface area contributed by atoms with Gasteiger partial charge < -0.3 is 5.73 Å². The summed E-state index contributed by atoms with van der Waals surface area (Å²) in [6, 6.07) is 0. The Kier molecular flexibility index (Phi) is 4.84. The molecule has 0 saturated carbocycles. The maximum absolute atomic E-state index is 5.16. The van der Waals surface area contributed by atoms with E-state index in [9.17, 15) is 0 Å². The van der Waals surface area contributed by atoms with Gasteiger partial charge in [-0.05, 0) is 25.1 Å². The van der Waals surface area contributed by atoms with Crippen LogP contribution in [0.1, 0.15) is 26.7 Å². The highest BCUT2D eigenvalue weighted by Gasteiger charge is 1.90. The number of nitrogens with two attached hydrogens (primary N) is 1. The molecule has 3 nitrogen and oxygen atoms in total. The van der Waals surface area contributed by atoms with Crippen molar-refractivity contribution in [3.63, 3.8) is 0 Å². The molecular formula is C6H13N3S.